The zero-order valence-corrected chi connectivity index (χ0v) is 12.1. The number of piperazine rings is 1. The number of nitrogens with one attached hydrogen (secondary N) is 1. The van der Waals surface area contributed by atoms with E-state index in [1.54, 1.807) is 11.3 Å². The van der Waals surface area contributed by atoms with Gasteiger partial charge in [-0.15, -0.1) is 11.3 Å². The number of rotatable bonds is 2. The molecule has 6 heteroatoms. The van der Waals surface area contributed by atoms with E-state index in [1.807, 2.05) is 0 Å². The normalized spacial score (nSPS) is 16.5. The standard InChI is InChI=1S/C13H19N5S/c1-8(2)10-7-9-11(14)16-13(17-12(9)19-10)18-5-3-15-4-6-18/h7-8,15H,3-6H2,1-2H3,(H2,14,16,17). The van der Waals surface area contributed by atoms with Crippen molar-refractivity contribution in [2.24, 2.45) is 0 Å². The first-order valence-electron chi connectivity index (χ1n) is 6.68. The number of hydrogen-bond acceptors (Lipinski definition) is 6. The molecular weight excluding hydrogens is 258 g/mol. The van der Waals surface area contributed by atoms with Gasteiger partial charge in [-0.2, -0.15) is 4.98 Å². The molecule has 0 aromatic carbocycles. The lowest BCUT2D eigenvalue weighted by Crippen LogP contribution is -2.44. The van der Waals surface area contributed by atoms with Crippen molar-refractivity contribution in [3.63, 3.8) is 0 Å². The van der Waals surface area contributed by atoms with Gasteiger partial charge in [0.2, 0.25) is 5.95 Å². The minimum absolute atomic E-state index is 0.501. The van der Waals surface area contributed by atoms with Crippen molar-refractivity contribution in [3.05, 3.63) is 10.9 Å². The summed E-state index contributed by atoms with van der Waals surface area (Å²) in [7, 11) is 0. The Morgan fingerprint density at radius 2 is 2.05 bits per heavy atom. The van der Waals surface area contributed by atoms with Crippen LogP contribution in [0.5, 0.6) is 0 Å². The molecule has 2 aromatic rings. The maximum Gasteiger partial charge on any atom is 0.228 e. The Bertz CT molecular complexity index is 586. The number of thiophene rings is 1. The van der Waals surface area contributed by atoms with Gasteiger partial charge in [-0.25, -0.2) is 4.98 Å². The van der Waals surface area contributed by atoms with Gasteiger partial charge in [-0.1, -0.05) is 13.8 Å². The first-order chi connectivity index (χ1) is 9.15. The summed E-state index contributed by atoms with van der Waals surface area (Å²) in [6.07, 6.45) is 0. The zero-order chi connectivity index (χ0) is 13.4. The van der Waals surface area contributed by atoms with Crippen molar-refractivity contribution in [1.82, 2.24) is 15.3 Å². The van der Waals surface area contributed by atoms with Crippen LogP contribution in [0.4, 0.5) is 11.8 Å². The summed E-state index contributed by atoms with van der Waals surface area (Å²) < 4.78 is 0. The fourth-order valence-corrected chi connectivity index (χ4v) is 3.28. The Morgan fingerprint density at radius 1 is 1.32 bits per heavy atom. The summed E-state index contributed by atoms with van der Waals surface area (Å²) in [6, 6.07) is 2.13. The average molecular weight is 277 g/mol. The van der Waals surface area contributed by atoms with E-state index in [0.29, 0.717) is 11.7 Å². The molecule has 3 heterocycles. The van der Waals surface area contributed by atoms with Crippen LogP contribution >= 0.6 is 11.3 Å². The Morgan fingerprint density at radius 3 is 2.74 bits per heavy atom. The maximum atomic E-state index is 6.09. The van der Waals surface area contributed by atoms with Gasteiger partial charge in [-0.3, -0.25) is 0 Å². The molecule has 3 rings (SSSR count). The molecule has 1 aliphatic heterocycles. The summed E-state index contributed by atoms with van der Waals surface area (Å²) in [6.45, 7) is 8.20. The van der Waals surface area contributed by atoms with Crippen LogP contribution in [-0.2, 0) is 0 Å². The Labute approximate surface area is 116 Å². The van der Waals surface area contributed by atoms with Crippen LogP contribution in [-0.4, -0.2) is 36.1 Å². The van der Waals surface area contributed by atoms with Crippen molar-refractivity contribution < 1.29 is 0 Å². The predicted octanol–water partition coefficient (Wildman–Crippen LogP) is 1.81. The van der Waals surface area contributed by atoms with Crippen molar-refractivity contribution >= 4 is 33.3 Å². The highest BCUT2D eigenvalue weighted by molar-refractivity contribution is 7.18. The van der Waals surface area contributed by atoms with E-state index in [-0.39, 0.29) is 0 Å². The van der Waals surface area contributed by atoms with Gasteiger partial charge >= 0.3 is 0 Å². The van der Waals surface area contributed by atoms with Crippen LogP contribution in [0.1, 0.15) is 24.6 Å². The lowest BCUT2D eigenvalue weighted by molar-refractivity contribution is 0.581. The summed E-state index contributed by atoms with van der Waals surface area (Å²) in [5.41, 5.74) is 6.09. The third-order valence-electron chi connectivity index (χ3n) is 3.40. The number of anilines is 2. The molecule has 0 bridgehead atoms. The topological polar surface area (TPSA) is 67.1 Å². The number of nitrogens with two attached hydrogens (primary N) is 1. The fraction of sp³-hybridized carbons (Fsp3) is 0.538. The number of fused-ring (bicyclic) bond motifs is 1. The van der Waals surface area contributed by atoms with E-state index in [1.165, 1.54) is 4.88 Å². The largest absolute Gasteiger partial charge is 0.383 e. The van der Waals surface area contributed by atoms with Crippen molar-refractivity contribution in [2.45, 2.75) is 19.8 Å². The lowest BCUT2D eigenvalue weighted by atomic mass is 10.2. The highest BCUT2D eigenvalue weighted by atomic mass is 32.1. The lowest BCUT2D eigenvalue weighted by Gasteiger charge is -2.27. The first-order valence-corrected chi connectivity index (χ1v) is 7.49. The zero-order valence-electron chi connectivity index (χ0n) is 11.3. The van der Waals surface area contributed by atoms with Gasteiger partial charge in [0.1, 0.15) is 10.6 Å². The van der Waals surface area contributed by atoms with Gasteiger partial charge in [0, 0.05) is 31.1 Å². The van der Waals surface area contributed by atoms with Crippen molar-refractivity contribution in [3.8, 4) is 0 Å². The van der Waals surface area contributed by atoms with Crippen molar-refractivity contribution in [2.75, 3.05) is 36.8 Å². The molecule has 5 nitrogen and oxygen atoms in total. The second kappa shape index (κ2) is 4.94. The Kier molecular flexibility index (Phi) is 3.28. The Balaban J connectivity index is 2.02. The SMILES string of the molecule is CC(C)c1cc2c(N)nc(N3CCNCC3)nc2s1. The number of aromatic nitrogens is 2. The van der Waals surface area contributed by atoms with E-state index in [2.05, 4.69) is 40.1 Å². The van der Waals surface area contributed by atoms with Crippen LogP contribution in [0, 0.1) is 0 Å². The molecular formula is C13H19N5S. The van der Waals surface area contributed by atoms with Crippen LogP contribution in [0.25, 0.3) is 10.2 Å². The van der Waals surface area contributed by atoms with Crippen LogP contribution in [0.2, 0.25) is 0 Å². The highest BCUT2D eigenvalue weighted by Crippen LogP contribution is 2.33. The molecule has 0 spiro atoms. The third kappa shape index (κ3) is 2.37. The molecule has 2 aromatic heterocycles. The maximum absolute atomic E-state index is 6.09. The van der Waals surface area contributed by atoms with E-state index in [0.717, 1.165) is 42.3 Å². The van der Waals surface area contributed by atoms with Gasteiger partial charge in [0.25, 0.3) is 0 Å². The molecule has 0 saturated carbocycles. The molecule has 0 amide bonds. The monoisotopic (exact) mass is 277 g/mol. The van der Waals surface area contributed by atoms with Gasteiger partial charge < -0.3 is 16.0 Å². The van der Waals surface area contributed by atoms with Gasteiger partial charge in [0.15, 0.2) is 0 Å². The van der Waals surface area contributed by atoms with Crippen molar-refractivity contribution in [1.29, 1.82) is 0 Å². The fourth-order valence-electron chi connectivity index (χ4n) is 2.24. The molecule has 1 aliphatic rings. The highest BCUT2D eigenvalue weighted by Gasteiger charge is 2.17. The molecule has 19 heavy (non-hydrogen) atoms. The number of hydrogen-bond donors (Lipinski definition) is 2. The summed E-state index contributed by atoms with van der Waals surface area (Å²) in [5, 5.41) is 4.32. The number of nitrogen functional groups attached to an aromatic ring is 1. The Hall–Kier alpha value is -1.40. The summed E-state index contributed by atoms with van der Waals surface area (Å²) in [5.74, 6) is 1.87. The van der Waals surface area contributed by atoms with Crippen LogP contribution in [0.3, 0.4) is 0 Å². The van der Waals surface area contributed by atoms with Crippen LogP contribution in [0.15, 0.2) is 6.07 Å². The second-order valence-electron chi connectivity index (χ2n) is 5.17. The van der Waals surface area contributed by atoms with Crippen LogP contribution < -0.4 is 16.0 Å². The first kappa shape index (κ1) is 12.6. The minimum Gasteiger partial charge on any atom is -0.383 e. The van der Waals surface area contributed by atoms with Gasteiger partial charge in [-0.05, 0) is 12.0 Å². The molecule has 0 unspecified atom stereocenters. The van der Waals surface area contributed by atoms with Gasteiger partial charge in [0.05, 0.1) is 5.39 Å². The van der Waals surface area contributed by atoms with E-state index in [9.17, 15) is 0 Å². The molecule has 1 saturated heterocycles. The molecule has 102 valence electrons. The smallest absolute Gasteiger partial charge is 0.228 e. The molecule has 0 aliphatic carbocycles. The molecule has 3 N–H and O–H groups in total. The van der Waals surface area contributed by atoms with E-state index in [4.69, 9.17) is 5.73 Å². The third-order valence-corrected chi connectivity index (χ3v) is 4.73. The second-order valence-corrected chi connectivity index (χ2v) is 6.23. The average Bonchev–Trinajstić information content (AvgIpc) is 2.84. The quantitative estimate of drug-likeness (QED) is 0.876. The predicted molar refractivity (Wildman–Crippen MR) is 81.0 cm³/mol. The molecule has 0 atom stereocenters. The summed E-state index contributed by atoms with van der Waals surface area (Å²) >= 11 is 1.72. The molecule has 1 fully saturated rings. The minimum atomic E-state index is 0.501. The number of nitrogens with zero attached hydrogens (tertiary/aromatic N) is 3. The van der Waals surface area contributed by atoms with E-state index < -0.39 is 0 Å². The molecule has 0 radical (unpaired) electrons. The van der Waals surface area contributed by atoms with E-state index >= 15 is 0 Å². The summed E-state index contributed by atoms with van der Waals surface area (Å²) in [4.78, 5) is 13.7.